The van der Waals surface area contributed by atoms with Crippen LogP contribution >= 0.6 is 0 Å². The Bertz CT molecular complexity index is 618. The number of carbonyl (C=O) groups is 1. The Kier molecular flexibility index (Phi) is 5.17. The molecule has 0 radical (unpaired) electrons. The van der Waals surface area contributed by atoms with Crippen LogP contribution in [-0.2, 0) is 10.0 Å². The van der Waals surface area contributed by atoms with E-state index in [1.807, 2.05) is 6.92 Å². The molecule has 5 nitrogen and oxygen atoms in total. The molecule has 0 heterocycles. The number of hydrogen-bond donors (Lipinski definition) is 1. The molecule has 0 aliphatic carbocycles. The van der Waals surface area contributed by atoms with Gasteiger partial charge in [-0.2, -0.15) is 0 Å². The van der Waals surface area contributed by atoms with Gasteiger partial charge in [-0.15, -0.1) is 0 Å². The van der Waals surface area contributed by atoms with Crippen molar-refractivity contribution in [3.8, 4) is 0 Å². The largest absolute Gasteiger partial charge is 0.338 e. The Morgan fingerprint density at radius 3 is 2.33 bits per heavy atom. The normalized spacial score (nSPS) is 13.8. The predicted molar refractivity (Wildman–Crippen MR) is 83.7 cm³/mol. The highest BCUT2D eigenvalue weighted by Gasteiger charge is 2.28. The number of amides is 1. The van der Waals surface area contributed by atoms with E-state index in [0.29, 0.717) is 5.56 Å². The first-order valence-corrected chi connectivity index (χ1v) is 8.30. The van der Waals surface area contributed by atoms with Gasteiger partial charge in [0.2, 0.25) is 10.0 Å². The molecule has 0 saturated carbocycles. The van der Waals surface area contributed by atoms with E-state index in [-0.39, 0.29) is 22.3 Å². The average Bonchev–Trinajstić information content (AvgIpc) is 2.44. The molecule has 0 saturated heterocycles. The zero-order chi connectivity index (χ0) is 16.4. The van der Waals surface area contributed by atoms with Crippen LogP contribution in [0.3, 0.4) is 0 Å². The summed E-state index contributed by atoms with van der Waals surface area (Å²) in [6.45, 7) is 8.15. The second kappa shape index (κ2) is 6.15. The quantitative estimate of drug-likeness (QED) is 0.926. The van der Waals surface area contributed by atoms with Crippen molar-refractivity contribution in [3.05, 3.63) is 29.8 Å². The van der Waals surface area contributed by atoms with E-state index in [9.17, 15) is 13.2 Å². The Morgan fingerprint density at radius 2 is 1.86 bits per heavy atom. The molecule has 1 rings (SSSR count). The maximum absolute atomic E-state index is 12.5. The van der Waals surface area contributed by atoms with Gasteiger partial charge in [-0.25, -0.2) is 13.1 Å². The summed E-state index contributed by atoms with van der Waals surface area (Å²) in [4.78, 5) is 14.2. The molecule has 1 N–H and O–H groups in total. The van der Waals surface area contributed by atoms with Crippen LogP contribution in [0.2, 0.25) is 0 Å². The molecule has 1 amide bonds. The molecule has 21 heavy (non-hydrogen) atoms. The highest BCUT2D eigenvalue weighted by molar-refractivity contribution is 7.89. The van der Waals surface area contributed by atoms with E-state index in [0.717, 1.165) is 0 Å². The highest BCUT2D eigenvalue weighted by Crippen LogP contribution is 2.24. The fraction of sp³-hybridized carbons (Fsp3) is 0.533. The summed E-state index contributed by atoms with van der Waals surface area (Å²) in [6.07, 6.45) is 0. The number of hydrogen-bond acceptors (Lipinski definition) is 3. The Labute approximate surface area is 127 Å². The number of sulfonamides is 1. The lowest BCUT2D eigenvalue weighted by atomic mass is 9.87. The zero-order valence-corrected chi connectivity index (χ0v) is 14.3. The smallest absolute Gasteiger partial charge is 0.253 e. The van der Waals surface area contributed by atoms with E-state index in [4.69, 9.17) is 0 Å². The molecule has 0 fully saturated rings. The zero-order valence-electron chi connectivity index (χ0n) is 13.5. The van der Waals surface area contributed by atoms with Gasteiger partial charge in [-0.1, -0.05) is 26.8 Å². The summed E-state index contributed by atoms with van der Waals surface area (Å²) < 4.78 is 25.9. The van der Waals surface area contributed by atoms with Gasteiger partial charge in [0.05, 0.1) is 4.90 Å². The molecule has 1 aromatic carbocycles. The molecule has 0 unspecified atom stereocenters. The van der Waals surface area contributed by atoms with Crippen molar-refractivity contribution >= 4 is 15.9 Å². The molecular formula is C15H24N2O3S. The third kappa shape index (κ3) is 4.04. The van der Waals surface area contributed by atoms with Gasteiger partial charge in [0.25, 0.3) is 5.91 Å². The molecule has 0 aromatic heterocycles. The number of rotatable bonds is 4. The average molecular weight is 312 g/mol. The maximum atomic E-state index is 12.5. The van der Waals surface area contributed by atoms with Crippen molar-refractivity contribution in [2.24, 2.45) is 5.41 Å². The molecule has 1 atom stereocenters. The predicted octanol–water partition coefficient (Wildman–Crippen LogP) is 2.10. The minimum absolute atomic E-state index is 0.0227. The van der Waals surface area contributed by atoms with Crippen LogP contribution in [0.15, 0.2) is 29.2 Å². The molecule has 0 spiro atoms. The lowest BCUT2D eigenvalue weighted by molar-refractivity contribution is 0.0629. The van der Waals surface area contributed by atoms with E-state index >= 15 is 0 Å². The van der Waals surface area contributed by atoms with E-state index in [1.165, 1.54) is 19.2 Å². The monoisotopic (exact) mass is 312 g/mol. The van der Waals surface area contributed by atoms with E-state index in [2.05, 4.69) is 25.5 Å². The third-order valence-corrected chi connectivity index (χ3v) is 5.23. The summed E-state index contributed by atoms with van der Waals surface area (Å²) in [6, 6.07) is 6.10. The van der Waals surface area contributed by atoms with Crippen molar-refractivity contribution in [2.75, 3.05) is 14.1 Å². The van der Waals surface area contributed by atoms with Gasteiger partial charge in [-0.05, 0) is 37.6 Å². The molecule has 1 aromatic rings. The van der Waals surface area contributed by atoms with Gasteiger partial charge in [0.1, 0.15) is 0 Å². The minimum Gasteiger partial charge on any atom is -0.338 e. The van der Waals surface area contributed by atoms with Gasteiger partial charge in [0.15, 0.2) is 0 Å². The molecule has 0 aliphatic rings. The summed E-state index contributed by atoms with van der Waals surface area (Å²) in [5.41, 5.74) is 0.309. The Balaban J connectivity index is 3.13. The van der Waals surface area contributed by atoms with E-state index < -0.39 is 10.0 Å². The second-order valence-electron chi connectivity index (χ2n) is 6.19. The molecule has 118 valence electrons. The number of carbonyl (C=O) groups excluding carboxylic acids is 1. The molecular weight excluding hydrogens is 288 g/mol. The molecule has 0 aliphatic heterocycles. The van der Waals surface area contributed by atoms with Crippen molar-refractivity contribution in [1.29, 1.82) is 0 Å². The summed E-state index contributed by atoms with van der Waals surface area (Å²) in [5, 5.41) is 0. The minimum atomic E-state index is -3.55. The van der Waals surface area contributed by atoms with Crippen molar-refractivity contribution in [1.82, 2.24) is 9.62 Å². The first-order valence-electron chi connectivity index (χ1n) is 6.81. The lowest BCUT2D eigenvalue weighted by Crippen LogP contribution is -2.43. The van der Waals surface area contributed by atoms with Gasteiger partial charge < -0.3 is 4.90 Å². The number of nitrogens with zero attached hydrogens (tertiary/aromatic N) is 1. The summed E-state index contributed by atoms with van der Waals surface area (Å²) >= 11 is 0. The third-order valence-electron chi connectivity index (χ3n) is 3.81. The van der Waals surface area contributed by atoms with Crippen LogP contribution in [0.25, 0.3) is 0 Å². The van der Waals surface area contributed by atoms with Crippen LogP contribution in [0.4, 0.5) is 0 Å². The highest BCUT2D eigenvalue weighted by atomic mass is 32.2. The Hall–Kier alpha value is -1.40. The number of benzene rings is 1. The first-order chi connectivity index (χ1) is 9.50. The van der Waals surface area contributed by atoms with Crippen molar-refractivity contribution < 1.29 is 13.2 Å². The second-order valence-corrected chi connectivity index (χ2v) is 8.08. The fourth-order valence-electron chi connectivity index (χ4n) is 1.87. The topological polar surface area (TPSA) is 66.5 Å². The van der Waals surface area contributed by atoms with Crippen LogP contribution < -0.4 is 4.72 Å². The van der Waals surface area contributed by atoms with Gasteiger partial charge >= 0.3 is 0 Å². The van der Waals surface area contributed by atoms with Crippen LogP contribution in [0.5, 0.6) is 0 Å². The van der Waals surface area contributed by atoms with Gasteiger partial charge in [-0.3, -0.25) is 4.79 Å². The molecule has 0 bridgehead atoms. The van der Waals surface area contributed by atoms with E-state index in [1.54, 1.807) is 24.1 Å². The summed E-state index contributed by atoms with van der Waals surface area (Å²) in [7, 11) is -0.471. The Morgan fingerprint density at radius 1 is 1.29 bits per heavy atom. The van der Waals surface area contributed by atoms with Gasteiger partial charge in [0, 0.05) is 18.7 Å². The summed E-state index contributed by atoms with van der Waals surface area (Å²) in [5.74, 6) is -0.189. The van der Waals surface area contributed by atoms with Crippen LogP contribution in [0, 0.1) is 5.41 Å². The van der Waals surface area contributed by atoms with Crippen LogP contribution in [-0.4, -0.2) is 39.4 Å². The first kappa shape index (κ1) is 17.7. The lowest BCUT2D eigenvalue weighted by Gasteiger charge is -2.35. The standard InChI is InChI=1S/C15H24N2O3S/c1-11(15(2,3)4)17(6)14(18)12-8-7-9-13(10-12)21(19,20)16-5/h7-11,16H,1-6H3/t11-/m0/s1. The van der Waals surface area contributed by atoms with Crippen molar-refractivity contribution in [2.45, 2.75) is 38.6 Å². The SMILES string of the molecule is CNS(=O)(=O)c1cccc(C(=O)N(C)[C@@H](C)C(C)(C)C)c1. The van der Waals surface area contributed by atoms with Crippen LogP contribution in [0.1, 0.15) is 38.1 Å². The number of nitrogens with one attached hydrogen (secondary N) is 1. The molecule has 6 heteroatoms. The van der Waals surface area contributed by atoms with Crippen molar-refractivity contribution in [3.63, 3.8) is 0 Å². The maximum Gasteiger partial charge on any atom is 0.253 e. The fourth-order valence-corrected chi connectivity index (χ4v) is 2.65.